The topological polar surface area (TPSA) is 46.4 Å². The highest BCUT2D eigenvalue weighted by molar-refractivity contribution is 4.94. The fourth-order valence-electron chi connectivity index (χ4n) is 4.31. The molecule has 1 saturated carbocycles. The molecule has 0 aromatic carbocycles. The van der Waals surface area contributed by atoms with Crippen molar-refractivity contribution < 1.29 is 4.74 Å². The molecular formula is C19H35N5O. The van der Waals surface area contributed by atoms with Crippen molar-refractivity contribution in [2.75, 3.05) is 40.4 Å². The molecule has 2 fully saturated rings. The number of nitrogens with zero attached hydrogens (tertiary/aromatic N) is 5. The van der Waals surface area contributed by atoms with E-state index in [0.717, 1.165) is 31.4 Å². The van der Waals surface area contributed by atoms with E-state index in [0.29, 0.717) is 6.04 Å². The minimum Gasteiger partial charge on any atom is -0.383 e. The molecule has 2 aliphatic rings. The van der Waals surface area contributed by atoms with Gasteiger partial charge in [-0.25, -0.2) is 4.68 Å². The van der Waals surface area contributed by atoms with Crippen LogP contribution in [-0.4, -0.2) is 71.2 Å². The molecule has 1 aromatic heterocycles. The van der Waals surface area contributed by atoms with E-state index in [1.807, 2.05) is 0 Å². The van der Waals surface area contributed by atoms with Crippen LogP contribution in [0.25, 0.3) is 0 Å². The summed E-state index contributed by atoms with van der Waals surface area (Å²) in [7, 11) is 3.84. The van der Waals surface area contributed by atoms with Crippen LogP contribution in [0.5, 0.6) is 0 Å². The van der Waals surface area contributed by atoms with Gasteiger partial charge < -0.3 is 9.64 Å². The Bertz CT molecular complexity index is 490. The van der Waals surface area contributed by atoms with Gasteiger partial charge in [0.05, 0.1) is 24.5 Å². The number of hydrogen-bond donors (Lipinski definition) is 0. The van der Waals surface area contributed by atoms with Gasteiger partial charge in [-0.05, 0) is 32.7 Å². The van der Waals surface area contributed by atoms with Gasteiger partial charge in [0.2, 0.25) is 0 Å². The maximum absolute atomic E-state index is 5.13. The van der Waals surface area contributed by atoms with Crippen molar-refractivity contribution >= 4 is 0 Å². The monoisotopic (exact) mass is 349 g/mol. The largest absolute Gasteiger partial charge is 0.383 e. The molecule has 0 radical (unpaired) electrons. The second-order valence-corrected chi connectivity index (χ2v) is 7.83. The molecule has 1 aliphatic heterocycles. The molecule has 0 atom stereocenters. The second kappa shape index (κ2) is 9.64. The number of methoxy groups -OCH3 is 1. The quantitative estimate of drug-likeness (QED) is 0.708. The maximum Gasteiger partial charge on any atom is 0.0967 e. The maximum atomic E-state index is 5.13. The van der Waals surface area contributed by atoms with Gasteiger partial charge in [-0.2, -0.15) is 0 Å². The highest BCUT2D eigenvalue weighted by Crippen LogP contribution is 2.28. The Labute approximate surface area is 152 Å². The lowest BCUT2D eigenvalue weighted by Crippen LogP contribution is -2.41. The second-order valence-electron chi connectivity index (χ2n) is 7.83. The van der Waals surface area contributed by atoms with Crippen LogP contribution in [-0.2, 0) is 11.3 Å². The number of rotatable bonds is 7. The minimum absolute atomic E-state index is 0.521. The molecule has 142 valence electrons. The summed E-state index contributed by atoms with van der Waals surface area (Å²) >= 11 is 0. The summed E-state index contributed by atoms with van der Waals surface area (Å²) < 4.78 is 7.25. The van der Waals surface area contributed by atoms with Crippen molar-refractivity contribution in [2.45, 2.75) is 70.0 Å². The van der Waals surface area contributed by atoms with Crippen LogP contribution in [0.4, 0.5) is 0 Å². The lowest BCUT2D eigenvalue weighted by atomic mass is 10.00. The molecule has 6 heteroatoms. The Morgan fingerprint density at radius 1 is 1.08 bits per heavy atom. The molecule has 6 nitrogen and oxygen atoms in total. The first kappa shape index (κ1) is 18.8. The van der Waals surface area contributed by atoms with Crippen LogP contribution in [0.1, 0.15) is 63.1 Å². The van der Waals surface area contributed by atoms with Crippen molar-refractivity contribution in [3.63, 3.8) is 0 Å². The third-order valence-electron chi connectivity index (χ3n) is 5.88. The molecule has 3 rings (SSSR count). The van der Waals surface area contributed by atoms with Gasteiger partial charge in [0.1, 0.15) is 0 Å². The molecule has 1 aliphatic carbocycles. The fourth-order valence-corrected chi connectivity index (χ4v) is 4.31. The van der Waals surface area contributed by atoms with Crippen LogP contribution < -0.4 is 0 Å². The predicted molar refractivity (Wildman–Crippen MR) is 99.6 cm³/mol. The van der Waals surface area contributed by atoms with Gasteiger partial charge >= 0.3 is 0 Å². The third-order valence-corrected chi connectivity index (χ3v) is 5.88. The first-order valence-corrected chi connectivity index (χ1v) is 10.1. The molecule has 0 bridgehead atoms. The Kier molecular flexibility index (Phi) is 7.25. The molecule has 0 unspecified atom stereocenters. The van der Waals surface area contributed by atoms with E-state index in [2.05, 4.69) is 38.0 Å². The van der Waals surface area contributed by atoms with E-state index < -0.39 is 0 Å². The summed E-state index contributed by atoms with van der Waals surface area (Å²) in [6, 6.07) is 1.36. The van der Waals surface area contributed by atoms with E-state index in [1.165, 1.54) is 64.5 Å². The summed E-state index contributed by atoms with van der Waals surface area (Å²) in [5.74, 6) is 0. The summed E-state index contributed by atoms with van der Waals surface area (Å²) in [5.41, 5.74) is 1.06. The van der Waals surface area contributed by atoms with Crippen molar-refractivity contribution in [2.24, 2.45) is 0 Å². The lowest BCUT2D eigenvalue weighted by molar-refractivity contribution is 0.119. The molecule has 0 amide bonds. The van der Waals surface area contributed by atoms with Crippen LogP contribution >= 0.6 is 0 Å². The normalized spacial score (nSPS) is 21.7. The zero-order chi connectivity index (χ0) is 17.5. The first-order chi connectivity index (χ1) is 12.3. The zero-order valence-corrected chi connectivity index (χ0v) is 16.1. The predicted octanol–water partition coefficient (Wildman–Crippen LogP) is 2.72. The van der Waals surface area contributed by atoms with Crippen LogP contribution in [0.15, 0.2) is 6.20 Å². The van der Waals surface area contributed by atoms with Crippen molar-refractivity contribution in [3.05, 3.63) is 11.9 Å². The standard InChI is InChI=1S/C19H35N5O/c1-22(13-14-25-2)15-17-16-24(21-20-17)19-9-11-23(12-10-19)18-7-5-3-4-6-8-18/h16,18-19H,3-15H2,1-2H3. The average Bonchev–Trinajstić information content (AvgIpc) is 2.92. The number of aromatic nitrogens is 3. The number of ether oxygens (including phenoxy) is 1. The van der Waals surface area contributed by atoms with E-state index in [-0.39, 0.29) is 0 Å². The molecule has 25 heavy (non-hydrogen) atoms. The van der Waals surface area contributed by atoms with Gasteiger partial charge in [-0.15, -0.1) is 5.10 Å². The van der Waals surface area contributed by atoms with Gasteiger partial charge in [0.25, 0.3) is 0 Å². The van der Waals surface area contributed by atoms with Crippen molar-refractivity contribution in [3.8, 4) is 0 Å². The molecule has 2 heterocycles. The van der Waals surface area contributed by atoms with Crippen LogP contribution in [0.2, 0.25) is 0 Å². The Morgan fingerprint density at radius 2 is 1.80 bits per heavy atom. The number of piperidine rings is 1. The van der Waals surface area contributed by atoms with Crippen molar-refractivity contribution in [1.29, 1.82) is 0 Å². The number of likely N-dealkylation sites (N-methyl/N-ethyl adjacent to an activating group) is 1. The SMILES string of the molecule is COCCN(C)Cc1cn(C2CCN(C3CCCCCC3)CC2)nn1. The Hall–Kier alpha value is -0.980. The molecule has 0 N–H and O–H groups in total. The zero-order valence-electron chi connectivity index (χ0n) is 16.1. The average molecular weight is 350 g/mol. The lowest BCUT2D eigenvalue weighted by Gasteiger charge is -2.37. The number of hydrogen-bond acceptors (Lipinski definition) is 5. The first-order valence-electron chi connectivity index (χ1n) is 10.1. The van der Waals surface area contributed by atoms with Crippen molar-refractivity contribution in [1.82, 2.24) is 24.8 Å². The highest BCUT2D eigenvalue weighted by Gasteiger charge is 2.27. The third kappa shape index (κ3) is 5.50. The van der Waals surface area contributed by atoms with E-state index >= 15 is 0 Å². The summed E-state index contributed by atoms with van der Waals surface area (Å²) in [6.45, 7) is 4.95. The number of likely N-dealkylation sites (tertiary alicyclic amines) is 1. The van der Waals surface area contributed by atoms with E-state index in [1.54, 1.807) is 7.11 Å². The highest BCUT2D eigenvalue weighted by atomic mass is 16.5. The van der Waals surface area contributed by atoms with E-state index in [9.17, 15) is 0 Å². The van der Waals surface area contributed by atoms with Gasteiger partial charge in [0, 0.05) is 39.3 Å². The molecular weight excluding hydrogens is 314 g/mol. The Balaban J connectivity index is 1.46. The van der Waals surface area contributed by atoms with Gasteiger partial charge in [0.15, 0.2) is 0 Å². The van der Waals surface area contributed by atoms with Crippen LogP contribution in [0.3, 0.4) is 0 Å². The smallest absolute Gasteiger partial charge is 0.0967 e. The summed E-state index contributed by atoms with van der Waals surface area (Å²) in [5, 5.41) is 8.79. The summed E-state index contributed by atoms with van der Waals surface area (Å²) in [6.07, 6.45) is 13.1. The Morgan fingerprint density at radius 3 is 2.48 bits per heavy atom. The molecule has 0 spiro atoms. The molecule has 1 saturated heterocycles. The van der Waals surface area contributed by atoms with E-state index in [4.69, 9.17) is 4.74 Å². The van der Waals surface area contributed by atoms with Gasteiger partial charge in [-0.3, -0.25) is 4.90 Å². The summed E-state index contributed by atoms with van der Waals surface area (Å²) in [4.78, 5) is 4.98. The minimum atomic E-state index is 0.521. The van der Waals surface area contributed by atoms with Crippen LogP contribution in [0, 0.1) is 0 Å². The fraction of sp³-hybridized carbons (Fsp3) is 0.895. The van der Waals surface area contributed by atoms with Gasteiger partial charge in [-0.1, -0.05) is 30.9 Å². The molecule has 1 aromatic rings.